The van der Waals surface area contributed by atoms with Crippen LogP contribution in [0.15, 0.2) is 24.5 Å². The SMILES string of the molecule is CC(C)(C)OC(=O)NC(=O)C1(c2ccncc2)CCNCC1. The van der Waals surface area contributed by atoms with E-state index in [0.717, 1.165) is 18.7 Å². The summed E-state index contributed by atoms with van der Waals surface area (Å²) in [6.45, 7) is 6.74. The van der Waals surface area contributed by atoms with Gasteiger partial charge >= 0.3 is 6.09 Å². The Morgan fingerprint density at radius 1 is 1.23 bits per heavy atom. The summed E-state index contributed by atoms with van der Waals surface area (Å²) in [5.41, 5.74) is -0.474. The molecule has 1 aliphatic rings. The molecule has 2 N–H and O–H groups in total. The molecule has 2 heterocycles. The third-order valence-corrected chi connectivity index (χ3v) is 3.74. The van der Waals surface area contributed by atoms with Gasteiger partial charge in [0.2, 0.25) is 5.91 Å². The number of carbonyl (C=O) groups excluding carboxylic acids is 2. The first kappa shape index (κ1) is 16.4. The number of carbonyl (C=O) groups is 2. The summed E-state index contributed by atoms with van der Waals surface area (Å²) in [5, 5.41) is 5.64. The normalized spacial score (nSPS) is 17.6. The molecular formula is C16H23N3O3. The first-order valence-electron chi connectivity index (χ1n) is 7.49. The van der Waals surface area contributed by atoms with Gasteiger partial charge in [-0.05, 0) is 64.4 Å². The van der Waals surface area contributed by atoms with E-state index in [2.05, 4.69) is 15.6 Å². The molecule has 0 bridgehead atoms. The Hall–Kier alpha value is -1.95. The number of aromatic nitrogens is 1. The van der Waals surface area contributed by atoms with Crippen molar-refractivity contribution < 1.29 is 14.3 Å². The van der Waals surface area contributed by atoms with Crippen LogP contribution in [0, 0.1) is 0 Å². The molecule has 0 saturated carbocycles. The lowest BCUT2D eigenvalue weighted by molar-refractivity contribution is -0.127. The fourth-order valence-corrected chi connectivity index (χ4v) is 2.69. The first-order valence-corrected chi connectivity index (χ1v) is 7.49. The molecule has 2 rings (SSSR count). The Kier molecular flexibility index (Phi) is 4.81. The minimum absolute atomic E-state index is 0.311. The molecule has 6 heteroatoms. The van der Waals surface area contributed by atoms with Gasteiger partial charge < -0.3 is 10.1 Å². The van der Waals surface area contributed by atoms with E-state index in [1.807, 2.05) is 12.1 Å². The molecule has 1 aliphatic heterocycles. The zero-order chi connectivity index (χ0) is 16.2. The van der Waals surface area contributed by atoms with Crippen LogP contribution in [0.4, 0.5) is 4.79 Å². The number of hydrogen-bond donors (Lipinski definition) is 2. The fourth-order valence-electron chi connectivity index (χ4n) is 2.69. The van der Waals surface area contributed by atoms with Crippen molar-refractivity contribution >= 4 is 12.0 Å². The minimum atomic E-state index is -0.717. The van der Waals surface area contributed by atoms with E-state index < -0.39 is 17.1 Å². The molecule has 2 amide bonds. The Labute approximate surface area is 130 Å². The third kappa shape index (κ3) is 3.82. The van der Waals surface area contributed by atoms with Crippen LogP contribution >= 0.6 is 0 Å². The second-order valence-electron chi connectivity index (χ2n) is 6.52. The van der Waals surface area contributed by atoms with Crippen molar-refractivity contribution in [2.75, 3.05) is 13.1 Å². The van der Waals surface area contributed by atoms with Gasteiger partial charge in [-0.3, -0.25) is 15.1 Å². The quantitative estimate of drug-likeness (QED) is 0.870. The van der Waals surface area contributed by atoms with Gasteiger partial charge in [-0.1, -0.05) is 0 Å². The summed E-state index contributed by atoms with van der Waals surface area (Å²) in [6.07, 6.45) is 3.89. The monoisotopic (exact) mass is 305 g/mol. The molecular weight excluding hydrogens is 282 g/mol. The molecule has 1 aromatic heterocycles. The molecule has 120 valence electrons. The van der Waals surface area contributed by atoms with Gasteiger partial charge in [0.1, 0.15) is 5.60 Å². The number of ether oxygens (including phenoxy) is 1. The summed E-state index contributed by atoms with van der Waals surface area (Å²) in [4.78, 5) is 28.7. The highest BCUT2D eigenvalue weighted by molar-refractivity contribution is 5.98. The third-order valence-electron chi connectivity index (χ3n) is 3.74. The van der Waals surface area contributed by atoms with Crippen molar-refractivity contribution in [3.05, 3.63) is 30.1 Å². The molecule has 6 nitrogen and oxygen atoms in total. The summed E-state index contributed by atoms with van der Waals surface area (Å²) in [7, 11) is 0. The van der Waals surface area contributed by atoms with E-state index in [-0.39, 0.29) is 5.91 Å². The molecule has 0 aliphatic carbocycles. The van der Waals surface area contributed by atoms with E-state index in [4.69, 9.17) is 4.74 Å². The largest absolute Gasteiger partial charge is 0.444 e. The Morgan fingerprint density at radius 3 is 2.36 bits per heavy atom. The van der Waals surface area contributed by atoms with Crippen LogP contribution in [0.25, 0.3) is 0 Å². The minimum Gasteiger partial charge on any atom is -0.444 e. The zero-order valence-corrected chi connectivity index (χ0v) is 13.3. The number of amides is 2. The van der Waals surface area contributed by atoms with E-state index in [1.54, 1.807) is 33.2 Å². The average Bonchev–Trinajstić information content (AvgIpc) is 2.46. The molecule has 0 spiro atoms. The maximum Gasteiger partial charge on any atom is 0.414 e. The van der Waals surface area contributed by atoms with Crippen LogP contribution in [0.3, 0.4) is 0 Å². The number of hydrogen-bond acceptors (Lipinski definition) is 5. The van der Waals surface area contributed by atoms with Gasteiger partial charge in [0.15, 0.2) is 0 Å². The van der Waals surface area contributed by atoms with E-state index >= 15 is 0 Å². The van der Waals surface area contributed by atoms with Gasteiger partial charge in [-0.15, -0.1) is 0 Å². The van der Waals surface area contributed by atoms with Crippen LogP contribution in [0.1, 0.15) is 39.2 Å². The predicted octanol–water partition coefficient (Wildman–Crippen LogP) is 1.75. The summed E-state index contributed by atoms with van der Waals surface area (Å²) >= 11 is 0. The molecule has 0 atom stereocenters. The van der Waals surface area contributed by atoms with Crippen LogP contribution in [0.2, 0.25) is 0 Å². The lowest BCUT2D eigenvalue weighted by atomic mass is 9.72. The van der Waals surface area contributed by atoms with Crippen molar-refractivity contribution in [1.29, 1.82) is 0 Å². The summed E-state index contributed by atoms with van der Waals surface area (Å²) in [5.74, 6) is -0.311. The van der Waals surface area contributed by atoms with E-state index in [0.29, 0.717) is 12.8 Å². The Balaban J connectivity index is 2.19. The molecule has 0 radical (unpaired) electrons. The highest BCUT2D eigenvalue weighted by atomic mass is 16.6. The van der Waals surface area contributed by atoms with Crippen LogP contribution in [-0.4, -0.2) is 35.7 Å². The van der Waals surface area contributed by atoms with Crippen molar-refractivity contribution in [1.82, 2.24) is 15.6 Å². The molecule has 0 unspecified atom stereocenters. The number of piperidine rings is 1. The standard InChI is InChI=1S/C16H23N3O3/c1-15(2,3)22-14(21)19-13(20)16(6-10-18-11-7-16)12-4-8-17-9-5-12/h4-5,8-9,18H,6-7,10-11H2,1-3H3,(H,19,20,21). The van der Waals surface area contributed by atoms with Crippen LogP contribution in [0.5, 0.6) is 0 Å². The maximum atomic E-state index is 12.8. The van der Waals surface area contributed by atoms with Gasteiger partial charge in [0, 0.05) is 12.4 Å². The Morgan fingerprint density at radius 2 is 1.82 bits per heavy atom. The van der Waals surface area contributed by atoms with Gasteiger partial charge in [-0.2, -0.15) is 0 Å². The van der Waals surface area contributed by atoms with Gasteiger partial charge in [-0.25, -0.2) is 4.79 Å². The molecule has 1 aromatic rings. The second kappa shape index (κ2) is 6.44. The van der Waals surface area contributed by atoms with Crippen molar-refractivity contribution in [3.63, 3.8) is 0 Å². The molecule has 0 aromatic carbocycles. The van der Waals surface area contributed by atoms with Crippen molar-refractivity contribution in [2.45, 2.75) is 44.6 Å². The highest BCUT2D eigenvalue weighted by Crippen LogP contribution is 2.33. The van der Waals surface area contributed by atoms with Crippen molar-refractivity contribution in [3.8, 4) is 0 Å². The van der Waals surface area contributed by atoms with Gasteiger partial charge in [0.25, 0.3) is 0 Å². The van der Waals surface area contributed by atoms with Crippen LogP contribution < -0.4 is 10.6 Å². The number of imide groups is 1. The lowest BCUT2D eigenvalue weighted by Gasteiger charge is -2.36. The van der Waals surface area contributed by atoms with E-state index in [9.17, 15) is 9.59 Å². The molecule has 22 heavy (non-hydrogen) atoms. The number of nitrogens with zero attached hydrogens (tertiary/aromatic N) is 1. The van der Waals surface area contributed by atoms with Crippen LogP contribution in [-0.2, 0) is 14.9 Å². The first-order chi connectivity index (χ1) is 10.3. The Bertz CT molecular complexity index is 531. The zero-order valence-electron chi connectivity index (χ0n) is 13.3. The maximum absolute atomic E-state index is 12.8. The molecule has 1 saturated heterocycles. The average molecular weight is 305 g/mol. The predicted molar refractivity (Wildman–Crippen MR) is 82.4 cm³/mol. The highest BCUT2D eigenvalue weighted by Gasteiger charge is 2.42. The number of pyridine rings is 1. The molecule has 1 fully saturated rings. The van der Waals surface area contributed by atoms with E-state index in [1.165, 1.54) is 0 Å². The van der Waals surface area contributed by atoms with Gasteiger partial charge in [0.05, 0.1) is 5.41 Å². The summed E-state index contributed by atoms with van der Waals surface area (Å²) < 4.78 is 5.18. The second-order valence-corrected chi connectivity index (χ2v) is 6.52. The summed E-state index contributed by atoms with van der Waals surface area (Å²) in [6, 6.07) is 3.67. The smallest absolute Gasteiger partial charge is 0.414 e. The fraction of sp³-hybridized carbons (Fsp3) is 0.562. The lowest BCUT2D eigenvalue weighted by Crippen LogP contribution is -2.52. The number of rotatable bonds is 2. The van der Waals surface area contributed by atoms with Crippen molar-refractivity contribution in [2.24, 2.45) is 0 Å². The number of nitrogens with one attached hydrogen (secondary N) is 2. The topological polar surface area (TPSA) is 80.3 Å². The number of alkyl carbamates (subject to hydrolysis) is 1.